The molecule has 14 heavy (non-hydrogen) atoms. The minimum atomic E-state index is -4.67. The minimum absolute atomic E-state index is 0.542. The smallest absolute Gasteiger partial charge is 0.512 e. The van der Waals surface area contributed by atoms with E-state index in [1.165, 1.54) is 0 Å². The first kappa shape index (κ1) is 9.35. The molecule has 0 aliphatic rings. The van der Waals surface area contributed by atoms with Crippen molar-refractivity contribution in [3.05, 3.63) is 29.8 Å². The number of halogens is 3. The van der Waals surface area contributed by atoms with Crippen molar-refractivity contribution < 1.29 is 29.2 Å². The molecule has 0 atom stereocenters. The van der Waals surface area contributed by atoms with Crippen LogP contribution in [0.4, 0.5) is 13.2 Å². The summed E-state index contributed by atoms with van der Waals surface area (Å²) >= 11 is 0. The zero-order valence-corrected chi connectivity index (χ0v) is 6.75. The summed E-state index contributed by atoms with van der Waals surface area (Å²) < 4.78 is 48.1. The molecule has 0 saturated heterocycles. The van der Waals surface area contributed by atoms with Crippen molar-refractivity contribution >= 4 is 7.32 Å². The van der Waals surface area contributed by atoms with Crippen molar-refractivity contribution in [3.8, 4) is 5.75 Å². The third-order valence-corrected chi connectivity index (χ3v) is 1.31. The highest BCUT2D eigenvalue weighted by Crippen LogP contribution is 2.31. The van der Waals surface area contributed by atoms with Gasteiger partial charge in [-0.15, -0.1) is 0 Å². The highest BCUT2D eigenvalue weighted by atomic mass is 19.4. The van der Waals surface area contributed by atoms with Crippen LogP contribution in [0.5, 0.6) is 5.75 Å². The highest BCUT2D eigenvalue weighted by molar-refractivity contribution is 6.33. The second-order valence-corrected chi connectivity index (χ2v) is 2.37. The van der Waals surface area contributed by atoms with Gasteiger partial charge >= 0.3 is 13.5 Å². The zero-order chi connectivity index (χ0) is 11.6. The van der Waals surface area contributed by atoms with Crippen molar-refractivity contribution in [1.82, 2.24) is 0 Å². The standard InChI is InChI=1S/C7H6BF3O3/c9-7(10,11)5-2-1-3-6(4-5)14-8(12)13/h1-4,12-13H/i4D. The van der Waals surface area contributed by atoms with Crippen LogP contribution in [0.25, 0.3) is 0 Å². The van der Waals surface area contributed by atoms with E-state index in [9.17, 15) is 13.2 Å². The summed E-state index contributed by atoms with van der Waals surface area (Å²) in [6, 6.07) is 1.83. The van der Waals surface area contributed by atoms with E-state index in [1.807, 2.05) is 0 Å². The van der Waals surface area contributed by atoms with Gasteiger partial charge in [0.2, 0.25) is 0 Å². The van der Waals surface area contributed by atoms with Gasteiger partial charge in [0.15, 0.2) is 0 Å². The van der Waals surface area contributed by atoms with Crippen LogP contribution in [0.2, 0.25) is 0 Å². The quantitative estimate of drug-likeness (QED) is 0.712. The van der Waals surface area contributed by atoms with Gasteiger partial charge in [-0.25, -0.2) is 0 Å². The van der Waals surface area contributed by atoms with Gasteiger partial charge in [-0.05, 0) is 18.2 Å². The first-order valence-electron chi connectivity index (χ1n) is 4.02. The van der Waals surface area contributed by atoms with Gasteiger partial charge in [-0.1, -0.05) is 6.07 Å². The number of alkyl halides is 3. The topological polar surface area (TPSA) is 49.7 Å². The van der Waals surface area contributed by atoms with Crippen LogP contribution >= 0.6 is 0 Å². The van der Waals surface area contributed by atoms with E-state index in [0.717, 1.165) is 12.1 Å². The third-order valence-electron chi connectivity index (χ3n) is 1.31. The first-order chi connectivity index (χ1) is 6.82. The molecule has 0 amide bonds. The van der Waals surface area contributed by atoms with Gasteiger partial charge in [0.05, 0.1) is 6.93 Å². The number of rotatable bonds is 2. The van der Waals surface area contributed by atoms with Crippen LogP contribution in [-0.2, 0) is 6.18 Å². The second kappa shape index (κ2) is 3.89. The molecule has 0 heterocycles. The number of benzene rings is 1. The summed E-state index contributed by atoms with van der Waals surface area (Å²) in [6.07, 6.45) is -4.67. The van der Waals surface area contributed by atoms with E-state index in [-0.39, 0.29) is 0 Å². The van der Waals surface area contributed by atoms with Gasteiger partial charge in [0.25, 0.3) is 0 Å². The molecule has 0 spiro atoms. The van der Waals surface area contributed by atoms with E-state index in [0.29, 0.717) is 6.07 Å². The van der Waals surface area contributed by atoms with Crippen molar-refractivity contribution in [1.29, 1.82) is 0 Å². The normalized spacial score (nSPS) is 12.2. The van der Waals surface area contributed by atoms with E-state index in [1.54, 1.807) is 0 Å². The lowest BCUT2D eigenvalue weighted by Gasteiger charge is -2.09. The van der Waals surface area contributed by atoms with Crippen LogP contribution in [0.3, 0.4) is 0 Å². The Morgan fingerprint density at radius 3 is 2.50 bits per heavy atom. The Balaban J connectivity index is 3.12. The summed E-state index contributed by atoms with van der Waals surface area (Å²) in [4.78, 5) is 0. The summed E-state index contributed by atoms with van der Waals surface area (Å²) in [5.41, 5.74) is -1.19. The van der Waals surface area contributed by atoms with Gasteiger partial charge in [0, 0.05) is 0 Å². The maximum Gasteiger partial charge on any atom is 0.707 e. The fraction of sp³-hybridized carbons (Fsp3) is 0.143. The molecular weight excluding hydrogens is 200 g/mol. The summed E-state index contributed by atoms with van der Waals surface area (Å²) in [7, 11) is -2.25. The largest absolute Gasteiger partial charge is 0.707 e. The van der Waals surface area contributed by atoms with E-state index in [4.69, 9.17) is 11.4 Å². The summed E-state index contributed by atoms with van der Waals surface area (Å²) in [5, 5.41) is 16.8. The molecule has 1 aromatic rings. The Morgan fingerprint density at radius 1 is 1.36 bits per heavy atom. The van der Waals surface area contributed by atoms with E-state index in [2.05, 4.69) is 4.65 Å². The van der Waals surface area contributed by atoms with Crippen molar-refractivity contribution in [2.45, 2.75) is 6.18 Å². The van der Waals surface area contributed by atoms with Crippen LogP contribution in [-0.4, -0.2) is 17.4 Å². The molecule has 7 heteroatoms. The van der Waals surface area contributed by atoms with Gasteiger partial charge in [-0.2, -0.15) is 13.2 Å². The number of hydrogen-bond donors (Lipinski definition) is 2. The van der Waals surface area contributed by atoms with Crippen molar-refractivity contribution in [2.75, 3.05) is 0 Å². The second-order valence-electron chi connectivity index (χ2n) is 2.37. The lowest BCUT2D eigenvalue weighted by atomic mass is 10.2. The van der Waals surface area contributed by atoms with Gasteiger partial charge in [-0.3, -0.25) is 0 Å². The van der Waals surface area contributed by atoms with Crippen LogP contribution in [0, 0.1) is 0 Å². The minimum Gasteiger partial charge on any atom is -0.512 e. The molecular formula is C7H6BF3O3. The van der Waals surface area contributed by atoms with Gasteiger partial charge in [0.1, 0.15) is 5.75 Å². The molecule has 0 saturated carbocycles. The zero-order valence-electron chi connectivity index (χ0n) is 7.75. The Bertz CT molecular complexity index is 356. The fourth-order valence-electron chi connectivity index (χ4n) is 0.795. The molecule has 0 bridgehead atoms. The first-order valence-corrected chi connectivity index (χ1v) is 3.52. The summed E-state index contributed by atoms with van der Waals surface area (Å²) in [5.74, 6) is -0.542. The maximum absolute atomic E-state index is 12.3. The van der Waals surface area contributed by atoms with Crippen molar-refractivity contribution in [2.24, 2.45) is 0 Å². The molecule has 0 aliphatic heterocycles. The van der Waals surface area contributed by atoms with Gasteiger partial charge < -0.3 is 14.7 Å². The Kier molecular flexibility index (Phi) is 2.60. The Morgan fingerprint density at radius 2 is 2.00 bits per heavy atom. The molecule has 0 unspecified atom stereocenters. The Hall–Kier alpha value is -1.21. The maximum atomic E-state index is 12.3. The molecule has 0 aromatic heterocycles. The molecule has 0 fully saturated rings. The van der Waals surface area contributed by atoms with E-state index < -0.39 is 30.9 Å². The highest BCUT2D eigenvalue weighted by Gasteiger charge is 2.30. The molecule has 1 aromatic carbocycles. The molecule has 76 valence electrons. The molecule has 0 aliphatic carbocycles. The monoisotopic (exact) mass is 207 g/mol. The predicted octanol–water partition coefficient (Wildman–Crippen LogP) is 1.05. The van der Waals surface area contributed by atoms with Crippen molar-refractivity contribution in [3.63, 3.8) is 0 Å². The average Bonchev–Trinajstić information content (AvgIpc) is 2.05. The lowest BCUT2D eigenvalue weighted by molar-refractivity contribution is -0.137. The average molecular weight is 207 g/mol. The third kappa shape index (κ3) is 2.93. The SMILES string of the molecule is [2H]c1c(OB(O)O)cccc1C(F)(F)F. The lowest BCUT2D eigenvalue weighted by Crippen LogP contribution is -2.20. The van der Waals surface area contributed by atoms with E-state index >= 15 is 0 Å². The molecule has 0 radical (unpaired) electrons. The van der Waals surface area contributed by atoms with Crippen LogP contribution in [0.15, 0.2) is 24.2 Å². The molecule has 3 nitrogen and oxygen atoms in total. The molecule has 1 rings (SSSR count). The molecule has 2 N–H and O–H groups in total. The Labute approximate surface area is 79.3 Å². The predicted molar refractivity (Wildman–Crippen MR) is 42.3 cm³/mol. The fourth-order valence-corrected chi connectivity index (χ4v) is 0.795. The number of hydrogen-bond acceptors (Lipinski definition) is 3. The van der Waals surface area contributed by atoms with Crippen LogP contribution < -0.4 is 4.65 Å². The van der Waals surface area contributed by atoms with Crippen LogP contribution in [0.1, 0.15) is 6.93 Å². The summed E-state index contributed by atoms with van der Waals surface area (Å²) in [6.45, 7) is 0.